The van der Waals surface area contributed by atoms with Crippen LogP contribution in [0.25, 0.3) is 0 Å². The highest BCUT2D eigenvalue weighted by atomic mass is 32.1. The largest absolute Gasteiger partial charge is 0.497 e. The summed E-state index contributed by atoms with van der Waals surface area (Å²) in [6.45, 7) is 3.11. The summed E-state index contributed by atoms with van der Waals surface area (Å²) in [6.07, 6.45) is 6.01. The summed E-state index contributed by atoms with van der Waals surface area (Å²) in [5, 5.41) is 4.11. The summed E-state index contributed by atoms with van der Waals surface area (Å²) in [5.41, 5.74) is 3.79. The minimum Gasteiger partial charge on any atom is -0.497 e. The van der Waals surface area contributed by atoms with Gasteiger partial charge in [0.15, 0.2) is 5.76 Å². The molecule has 1 unspecified atom stereocenters. The summed E-state index contributed by atoms with van der Waals surface area (Å²) in [4.78, 5) is 16.8. The van der Waals surface area contributed by atoms with Crippen molar-refractivity contribution >= 4 is 22.2 Å². The number of nitrogens with one attached hydrogen (secondary N) is 1. The number of ether oxygens (including phenoxy) is 2. The van der Waals surface area contributed by atoms with Crippen LogP contribution >= 0.6 is 11.3 Å². The lowest BCUT2D eigenvalue weighted by molar-refractivity contribution is 0.0239. The number of benzene rings is 1. The first-order valence-electron chi connectivity index (χ1n) is 11.2. The Labute approximate surface area is 192 Å². The highest BCUT2D eigenvalue weighted by molar-refractivity contribution is 7.16. The summed E-state index contributed by atoms with van der Waals surface area (Å²) in [5.74, 6) is 0.957. The minimum absolute atomic E-state index is 0.0269. The Kier molecular flexibility index (Phi) is 6.30. The van der Waals surface area contributed by atoms with E-state index in [2.05, 4.69) is 22.3 Å². The molecule has 32 heavy (non-hydrogen) atoms. The number of thiophene rings is 1. The zero-order chi connectivity index (χ0) is 21.9. The average Bonchev–Trinajstić information content (AvgIpc) is 3.49. The maximum absolute atomic E-state index is 12.9. The van der Waals surface area contributed by atoms with Crippen molar-refractivity contribution in [2.45, 2.75) is 31.7 Å². The SMILES string of the molecule is COc1cccc(C(c2c(NC(=O)c3ccco3)sc3c2CCCC3)N2CCOCC2)c1. The number of hydrogen-bond donors (Lipinski definition) is 1. The number of aryl methyl sites for hydroxylation is 1. The highest BCUT2D eigenvalue weighted by Gasteiger charge is 2.33. The number of amides is 1. The number of nitrogens with zero attached hydrogens (tertiary/aromatic N) is 1. The second kappa shape index (κ2) is 9.48. The topological polar surface area (TPSA) is 63.9 Å². The molecular formula is C25H28N2O4S. The third-order valence-electron chi connectivity index (χ3n) is 6.28. The molecule has 1 aliphatic heterocycles. The molecule has 3 heterocycles. The number of carbonyl (C=O) groups excluding carboxylic acids is 1. The first-order chi connectivity index (χ1) is 15.7. The zero-order valence-corrected chi connectivity index (χ0v) is 19.1. The number of methoxy groups -OCH3 is 1. The summed E-state index contributed by atoms with van der Waals surface area (Å²) >= 11 is 1.72. The molecule has 1 fully saturated rings. The number of morpholine rings is 1. The minimum atomic E-state index is -0.207. The first-order valence-corrected chi connectivity index (χ1v) is 12.0. The van der Waals surface area contributed by atoms with Crippen LogP contribution in [0.2, 0.25) is 0 Å². The van der Waals surface area contributed by atoms with E-state index in [0.717, 1.165) is 36.7 Å². The Bertz CT molecular complexity index is 1070. The number of carbonyl (C=O) groups is 1. The van der Waals surface area contributed by atoms with Gasteiger partial charge in [0.2, 0.25) is 0 Å². The van der Waals surface area contributed by atoms with E-state index in [1.165, 1.54) is 40.7 Å². The van der Waals surface area contributed by atoms with E-state index >= 15 is 0 Å². The number of fused-ring (bicyclic) bond motifs is 1. The molecule has 2 aromatic heterocycles. The highest BCUT2D eigenvalue weighted by Crippen LogP contribution is 2.46. The second-order valence-corrected chi connectivity index (χ2v) is 9.32. The smallest absolute Gasteiger partial charge is 0.291 e. The van der Waals surface area contributed by atoms with E-state index in [-0.39, 0.29) is 11.9 Å². The van der Waals surface area contributed by atoms with Crippen LogP contribution in [0.1, 0.15) is 51.0 Å². The van der Waals surface area contributed by atoms with Gasteiger partial charge in [0, 0.05) is 23.5 Å². The van der Waals surface area contributed by atoms with E-state index in [1.807, 2.05) is 12.1 Å². The van der Waals surface area contributed by atoms with Crippen molar-refractivity contribution in [3.05, 3.63) is 70.0 Å². The first kappa shape index (κ1) is 21.2. The third-order valence-corrected chi connectivity index (χ3v) is 7.50. The van der Waals surface area contributed by atoms with Crippen LogP contribution in [0.15, 0.2) is 47.1 Å². The maximum Gasteiger partial charge on any atom is 0.291 e. The van der Waals surface area contributed by atoms with Crippen LogP contribution in [-0.2, 0) is 17.6 Å². The molecule has 1 aromatic carbocycles. The van der Waals surface area contributed by atoms with E-state index in [1.54, 1.807) is 30.6 Å². The van der Waals surface area contributed by atoms with Gasteiger partial charge in [0.05, 0.1) is 32.6 Å². The molecule has 1 aliphatic carbocycles. The van der Waals surface area contributed by atoms with Crippen molar-refractivity contribution in [1.82, 2.24) is 4.90 Å². The van der Waals surface area contributed by atoms with Gasteiger partial charge in [-0.2, -0.15) is 0 Å². The molecule has 0 spiro atoms. The lowest BCUT2D eigenvalue weighted by atomic mass is 9.88. The lowest BCUT2D eigenvalue weighted by Gasteiger charge is -2.36. The van der Waals surface area contributed by atoms with Gasteiger partial charge < -0.3 is 19.2 Å². The second-order valence-electron chi connectivity index (χ2n) is 8.21. The molecule has 168 valence electrons. The standard InChI is InChI=1S/C25H28N2O4S/c1-29-18-7-4-6-17(16-18)23(27-11-14-30-15-12-27)22-19-8-2-3-10-21(19)32-25(22)26-24(28)20-9-5-13-31-20/h4-7,9,13,16,23H,2-3,8,10-12,14-15H2,1H3,(H,26,28). The molecule has 7 heteroatoms. The Morgan fingerprint density at radius 3 is 2.78 bits per heavy atom. The van der Waals surface area contributed by atoms with Crippen molar-refractivity contribution < 1.29 is 18.7 Å². The number of hydrogen-bond acceptors (Lipinski definition) is 6. The van der Waals surface area contributed by atoms with Gasteiger partial charge in [-0.3, -0.25) is 9.69 Å². The van der Waals surface area contributed by atoms with E-state index < -0.39 is 0 Å². The Hall–Kier alpha value is -2.61. The van der Waals surface area contributed by atoms with Crippen LogP contribution < -0.4 is 10.1 Å². The molecule has 5 rings (SSSR count). The Balaban J connectivity index is 1.62. The Morgan fingerprint density at radius 1 is 1.16 bits per heavy atom. The van der Waals surface area contributed by atoms with Crippen molar-refractivity contribution in [2.75, 3.05) is 38.7 Å². The lowest BCUT2D eigenvalue weighted by Crippen LogP contribution is -2.40. The Morgan fingerprint density at radius 2 is 2.00 bits per heavy atom. The molecule has 2 aliphatic rings. The maximum atomic E-state index is 12.9. The average molecular weight is 453 g/mol. The van der Waals surface area contributed by atoms with Gasteiger partial charge in [0.1, 0.15) is 10.8 Å². The summed E-state index contributed by atoms with van der Waals surface area (Å²) < 4.78 is 16.6. The molecule has 0 saturated carbocycles. The van der Waals surface area contributed by atoms with E-state index in [0.29, 0.717) is 19.0 Å². The molecule has 1 amide bonds. The molecule has 1 saturated heterocycles. The van der Waals surface area contributed by atoms with Crippen LogP contribution in [0.5, 0.6) is 5.75 Å². The van der Waals surface area contributed by atoms with Crippen molar-refractivity contribution in [3.8, 4) is 5.75 Å². The molecule has 0 radical (unpaired) electrons. The molecule has 6 nitrogen and oxygen atoms in total. The fourth-order valence-electron chi connectivity index (χ4n) is 4.75. The van der Waals surface area contributed by atoms with Crippen LogP contribution in [0.3, 0.4) is 0 Å². The monoisotopic (exact) mass is 452 g/mol. The fraction of sp³-hybridized carbons (Fsp3) is 0.400. The molecular weight excluding hydrogens is 424 g/mol. The number of furan rings is 1. The number of rotatable bonds is 6. The zero-order valence-electron chi connectivity index (χ0n) is 18.3. The van der Waals surface area contributed by atoms with Crippen molar-refractivity contribution in [2.24, 2.45) is 0 Å². The van der Waals surface area contributed by atoms with Crippen LogP contribution in [0, 0.1) is 0 Å². The van der Waals surface area contributed by atoms with Gasteiger partial charge in [-0.15, -0.1) is 11.3 Å². The van der Waals surface area contributed by atoms with Crippen LogP contribution in [0.4, 0.5) is 5.00 Å². The van der Waals surface area contributed by atoms with Gasteiger partial charge in [0.25, 0.3) is 5.91 Å². The predicted molar refractivity (Wildman–Crippen MR) is 125 cm³/mol. The van der Waals surface area contributed by atoms with Crippen molar-refractivity contribution in [1.29, 1.82) is 0 Å². The molecule has 1 atom stereocenters. The van der Waals surface area contributed by atoms with E-state index in [4.69, 9.17) is 13.9 Å². The van der Waals surface area contributed by atoms with E-state index in [9.17, 15) is 4.79 Å². The molecule has 1 N–H and O–H groups in total. The normalized spacial score (nSPS) is 17.5. The summed E-state index contributed by atoms with van der Waals surface area (Å²) in [7, 11) is 1.70. The van der Waals surface area contributed by atoms with Gasteiger partial charge in [-0.25, -0.2) is 0 Å². The van der Waals surface area contributed by atoms with Gasteiger partial charge in [-0.1, -0.05) is 12.1 Å². The molecule has 3 aromatic rings. The third kappa shape index (κ3) is 4.20. The quantitative estimate of drug-likeness (QED) is 0.576. The van der Waals surface area contributed by atoms with Crippen LogP contribution in [-0.4, -0.2) is 44.2 Å². The molecule has 0 bridgehead atoms. The van der Waals surface area contributed by atoms with Gasteiger partial charge >= 0.3 is 0 Å². The van der Waals surface area contributed by atoms with Gasteiger partial charge in [-0.05, 0) is 61.1 Å². The summed E-state index contributed by atoms with van der Waals surface area (Å²) in [6, 6.07) is 11.8. The van der Waals surface area contributed by atoms with Crippen molar-refractivity contribution in [3.63, 3.8) is 0 Å². The number of anilines is 1. The fourth-order valence-corrected chi connectivity index (χ4v) is 6.07. The predicted octanol–water partition coefficient (Wildman–Crippen LogP) is 4.90.